The molecule has 1 unspecified atom stereocenters. The highest BCUT2D eigenvalue weighted by Crippen LogP contribution is 2.43. The molecule has 0 aliphatic rings. The Morgan fingerprint density at radius 2 is 1.60 bits per heavy atom. The zero-order chi connectivity index (χ0) is 39.5. The second-order valence-electron chi connectivity index (χ2n) is 11.5. The van der Waals surface area contributed by atoms with Crippen LogP contribution >= 0.6 is 19.1 Å². The third-order valence-electron chi connectivity index (χ3n) is 7.45. The minimum atomic E-state index is -3.73. The number of rotatable bonds is 15. The maximum absolute atomic E-state index is 13.3. The molecule has 4 N–H and O–H groups in total. The lowest BCUT2D eigenvalue weighted by molar-refractivity contribution is -0.138. The Bertz CT molecular complexity index is 2240. The van der Waals surface area contributed by atoms with Crippen molar-refractivity contribution < 1.29 is 57.1 Å². The number of halogens is 1. The van der Waals surface area contributed by atoms with E-state index in [0.717, 1.165) is 0 Å². The lowest BCUT2D eigenvalue weighted by Gasteiger charge is -2.22. The number of fused-ring (bicyclic) bond motifs is 1. The van der Waals surface area contributed by atoms with Crippen LogP contribution < -0.4 is 34.5 Å². The number of carboxylic acid groups (broad SMARTS) is 1. The Labute approximate surface area is 319 Å². The number of aliphatic carboxylic acids is 1. The zero-order valence-electron chi connectivity index (χ0n) is 29.4. The number of hydrogen-bond acceptors (Lipinski definition) is 12. The number of nitrogens with zero attached hydrogens (tertiary/aromatic N) is 1. The van der Waals surface area contributed by atoms with Crippen molar-refractivity contribution in [3.63, 3.8) is 0 Å². The molecule has 0 aliphatic heterocycles. The molecule has 1 aromatic heterocycles. The van der Waals surface area contributed by atoms with Gasteiger partial charge in [0.1, 0.15) is 47.7 Å². The van der Waals surface area contributed by atoms with Crippen LogP contribution in [0, 0.1) is 0 Å². The Balaban J connectivity index is 1.22. The largest absolute Gasteiger partial charge is 0.496 e. The Kier molecular flexibility index (Phi) is 13.3. The minimum Gasteiger partial charge on any atom is -0.496 e. The van der Waals surface area contributed by atoms with Gasteiger partial charge in [-0.2, -0.15) is 0 Å². The first-order chi connectivity index (χ1) is 26.4. The summed E-state index contributed by atoms with van der Waals surface area (Å²) in [7, 11) is -1.08. The summed E-state index contributed by atoms with van der Waals surface area (Å²) >= 11 is 6.43. The van der Waals surface area contributed by atoms with E-state index in [2.05, 4.69) is 20.7 Å². The van der Waals surface area contributed by atoms with E-state index in [0.29, 0.717) is 33.7 Å². The fourth-order valence-corrected chi connectivity index (χ4v) is 6.77. The van der Waals surface area contributed by atoms with E-state index in [1.165, 1.54) is 75.9 Å². The van der Waals surface area contributed by atoms with E-state index >= 15 is 0 Å². The van der Waals surface area contributed by atoms with Crippen molar-refractivity contribution in [2.45, 2.75) is 19.6 Å². The van der Waals surface area contributed by atoms with Crippen molar-refractivity contribution in [2.75, 3.05) is 25.9 Å². The normalized spacial score (nSPS) is 12.4. The highest BCUT2D eigenvalue weighted by atomic mass is 35.5. The van der Waals surface area contributed by atoms with Crippen molar-refractivity contribution in [3.05, 3.63) is 113 Å². The molecule has 0 saturated carbocycles. The van der Waals surface area contributed by atoms with Gasteiger partial charge in [-0.25, -0.2) is 14.7 Å². The Morgan fingerprint density at radius 3 is 2.27 bits per heavy atom. The first-order valence-corrected chi connectivity index (χ1v) is 18.4. The number of imide groups is 1. The number of aromatic nitrogens is 1. The summed E-state index contributed by atoms with van der Waals surface area (Å²) in [5.74, 6) is -0.828. The monoisotopic (exact) mass is 792 g/mol. The van der Waals surface area contributed by atoms with Crippen molar-refractivity contribution >= 4 is 59.8 Å². The van der Waals surface area contributed by atoms with Crippen LogP contribution in [0.2, 0.25) is 5.02 Å². The first kappa shape index (κ1) is 40.0. The topological polar surface area (TPSA) is 210 Å². The molecule has 55 heavy (non-hydrogen) atoms. The summed E-state index contributed by atoms with van der Waals surface area (Å²) in [6.07, 6.45) is -0.669. The summed E-state index contributed by atoms with van der Waals surface area (Å²) in [6, 6.07) is 22.4. The highest BCUT2D eigenvalue weighted by molar-refractivity contribution is 7.57. The lowest BCUT2D eigenvalue weighted by Crippen LogP contribution is -2.33. The van der Waals surface area contributed by atoms with Crippen LogP contribution in [0.3, 0.4) is 0 Å². The van der Waals surface area contributed by atoms with Crippen LogP contribution in [0.1, 0.15) is 22.8 Å². The standard InChI is InChI=1S/C37H34ClN4O12P/c1-22(35(44)45)42-55(48,21-49-2)54-25-11-9-23(10-12-25)20-51-36(46)41-34(43)28-18-27-31(19-33(28)50-3)39-16-15-32(27)52-26-13-14-30(29(38)17-26)40-37(47)53-24-7-5-4-6-8-24/h4-19,22H,20-21H2,1-3H3,(H,40,47)(H,42,48)(H,44,45)(H,41,43,46)/t22-,55?/m0/s1. The fraction of sp³-hybridized carbons (Fsp3) is 0.162. The number of nitrogens with one attached hydrogen (secondary N) is 3. The molecule has 0 bridgehead atoms. The number of carboxylic acids is 1. The number of amides is 3. The molecule has 2 atom stereocenters. The number of hydrogen-bond donors (Lipinski definition) is 4. The van der Waals surface area contributed by atoms with Crippen molar-refractivity contribution in [3.8, 4) is 28.7 Å². The van der Waals surface area contributed by atoms with Gasteiger partial charge in [-0.3, -0.25) is 29.8 Å². The molecule has 3 amide bonds. The second kappa shape index (κ2) is 18.2. The van der Waals surface area contributed by atoms with Crippen LogP contribution in [0.25, 0.3) is 10.9 Å². The number of anilines is 1. The van der Waals surface area contributed by atoms with Gasteiger partial charge < -0.3 is 33.3 Å². The first-order valence-electron chi connectivity index (χ1n) is 16.2. The Hall–Kier alpha value is -6.19. The molecule has 0 radical (unpaired) electrons. The van der Waals surface area contributed by atoms with Crippen LogP contribution in [-0.2, 0) is 25.4 Å². The molecule has 0 aliphatic carbocycles. The molecular weight excluding hydrogens is 759 g/mol. The van der Waals surface area contributed by atoms with E-state index in [-0.39, 0.29) is 40.7 Å². The van der Waals surface area contributed by atoms with Gasteiger partial charge in [-0.15, -0.1) is 0 Å². The van der Waals surface area contributed by atoms with Crippen molar-refractivity contribution in [1.82, 2.24) is 15.4 Å². The number of alkyl carbamates (subject to hydrolysis) is 1. The highest BCUT2D eigenvalue weighted by Gasteiger charge is 2.29. The van der Waals surface area contributed by atoms with E-state index in [4.69, 9.17) is 44.9 Å². The second-order valence-corrected chi connectivity index (χ2v) is 13.9. The molecule has 5 aromatic rings. The van der Waals surface area contributed by atoms with Crippen LogP contribution in [0.15, 0.2) is 97.2 Å². The maximum atomic E-state index is 13.3. The quantitative estimate of drug-likeness (QED) is 0.0753. The predicted octanol–water partition coefficient (Wildman–Crippen LogP) is 7.61. The molecule has 18 heteroatoms. The summed E-state index contributed by atoms with van der Waals surface area (Å²) in [6.45, 7) is 1.07. The molecule has 16 nitrogen and oxygen atoms in total. The number of methoxy groups -OCH3 is 2. The zero-order valence-corrected chi connectivity index (χ0v) is 31.1. The smallest absolute Gasteiger partial charge is 0.417 e. The molecule has 0 fully saturated rings. The van der Waals surface area contributed by atoms with E-state index < -0.39 is 37.6 Å². The number of benzene rings is 4. The van der Waals surface area contributed by atoms with E-state index in [1.54, 1.807) is 42.5 Å². The maximum Gasteiger partial charge on any atom is 0.417 e. The number of carbonyl (C=O) groups excluding carboxylic acids is 3. The van der Waals surface area contributed by atoms with Gasteiger partial charge in [0.15, 0.2) is 0 Å². The number of pyridine rings is 1. The summed E-state index contributed by atoms with van der Waals surface area (Å²) in [4.78, 5) is 53.8. The van der Waals surface area contributed by atoms with Gasteiger partial charge in [0.05, 0.1) is 28.9 Å². The van der Waals surface area contributed by atoms with Gasteiger partial charge >= 0.3 is 25.7 Å². The van der Waals surface area contributed by atoms with Crippen molar-refractivity contribution in [1.29, 1.82) is 0 Å². The van der Waals surface area contributed by atoms with Gasteiger partial charge in [0.2, 0.25) is 0 Å². The average Bonchev–Trinajstić information content (AvgIpc) is 3.15. The van der Waals surface area contributed by atoms with Gasteiger partial charge in [-0.05, 0) is 61.0 Å². The van der Waals surface area contributed by atoms with Crippen LogP contribution in [0.4, 0.5) is 15.3 Å². The molecule has 1 heterocycles. The van der Waals surface area contributed by atoms with Crippen LogP contribution in [-0.4, -0.2) is 60.8 Å². The van der Waals surface area contributed by atoms with Crippen LogP contribution in [0.5, 0.6) is 28.7 Å². The molecule has 4 aromatic carbocycles. The molecule has 286 valence electrons. The molecule has 5 rings (SSSR count). The minimum absolute atomic E-state index is 0.0212. The van der Waals surface area contributed by atoms with Gasteiger partial charge in [-0.1, -0.05) is 41.9 Å². The van der Waals surface area contributed by atoms with Crippen molar-refractivity contribution in [2.24, 2.45) is 0 Å². The Morgan fingerprint density at radius 1 is 0.873 bits per heavy atom. The molecule has 0 spiro atoms. The number of para-hydroxylation sites is 1. The van der Waals surface area contributed by atoms with E-state index in [1.807, 2.05) is 0 Å². The third kappa shape index (κ3) is 10.9. The summed E-state index contributed by atoms with van der Waals surface area (Å²) in [5.41, 5.74) is 1.17. The van der Waals surface area contributed by atoms with Gasteiger partial charge in [0, 0.05) is 30.8 Å². The SMILES string of the molecule is COCP(=O)(N[C@@H](C)C(=O)O)Oc1ccc(COC(=O)NC(=O)c2cc3c(Oc4ccc(NC(=O)Oc5ccccc5)c(Cl)c4)ccnc3cc2OC)cc1. The fourth-order valence-electron chi connectivity index (χ4n) is 4.87. The summed E-state index contributed by atoms with van der Waals surface area (Å²) < 4.78 is 45.5. The average molecular weight is 793 g/mol. The van der Waals surface area contributed by atoms with E-state index in [9.17, 15) is 23.7 Å². The molecular formula is C37H34ClN4O12P. The predicted molar refractivity (Wildman–Crippen MR) is 200 cm³/mol. The molecule has 0 saturated heterocycles. The number of carbonyl (C=O) groups is 4. The number of ether oxygens (including phenoxy) is 5. The van der Waals surface area contributed by atoms with Gasteiger partial charge in [0.25, 0.3) is 5.91 Å². The lowest BCUT2D eigenvalue weighted by atomic mass is 10.1. The third-order valence-corrected chi connectivity index (χ3v) is 9.65. The summed E-state index contributed by atoms with van der Waals surface area (Å²) in [5, 5.41) is 16.9.